The minimum atomic E-state index is -0.305. The lowest BCUT2D eigenvalue weighted by Crippen LogP contribution is -2.31. The van der Waals surface area contributed by atoms with Gasteiger partial charge in [0.1, 0.15) is 11.4 Å². The van der Waals surface area contributed by atoms with E-state index in [1.165, 1.54) is 16.8 Å². The predicted octanol–water partition coefficient (Wildman–Crippen LogP) is 2.58. The van der Waals surface area contributed by atoms with Crippen LogP contribution >= 0.6 is 0 Å². The average Bonchev–Trinajstić information content (AvgIpc) is 2.71. The van der Waals surface area contributed by atoms with Crippen molar-refractivity contribution < 1.29 is 9.53 Å². The molecule has 0 atom stereocenters. The fourth-order valence-corrected chi connectivity index (χ4v) is 2.79. The van der Waals surface area contributed by atoms with Gasteiger partial charge in [-0.2, -0.15) is 5.10 Å². The fraction of sp³-hybridized carbons (Fsp3) is 0.227. The van der Waals surface area contributed by atoms with Crippen LogP contribution in [0.2, 0.25) is 0 Å². The summed E-state index contributed by atoms with van der Waals surface area (Å²) in [6.45, 7) is 2.79. The van der Waals surface area contributed by atoms with Gasteiger partial charge in [0.05, 0.1) is 13.7 Å². The zero-order valence-electron chi connectivity index (χ0n) is 16.0. The molecule has 1 heterocycles. The minimum absolute atomic E-state index is 0.220. The maximum atomic E-state index is 12.4. The zero-order chi connectivity index (χ0) is 19.9. The average molecular weight is 377 g/mol. The van der Waals surface area contributed by atoms with E-state index in [-0.39, 0.29) is 17.2 Å². The summed E-state index contributed by atoms with van der Waals surface area (Å²) < 4.78 is 6.51. The monoisotopic (exact) mass is 377 g/mol. The van der Waals surface area contributed by atoms with Gasteiger partial charge in [-0.15, -0.1) is 0 Å². The van der Waals surface area contributed by atoms with Crippen molar-refractivity contribution in [2.75, 3.05) is 13.7 Å². The predicted molar refractivity (Wildman–Crippen MR) is 108 cm³/mol. The summed E-state index contributed by atoms with van der Waals surface area (Å²) in [5.74, 6) is 0.481. The van der Waals surface area contributed by atoms with Gasteiger partial charge in [-0.3, -0.25) is 9.59 Å². The van der Waals surface area contributed by atoms with Gasteiger partial charge in [-0.1, -0.05) is 42.0 Å². The number of nitrogens with zero attached hydrogens (tertiary/aromatic N) is 2. The van der Waals surface area contributed by atoms with Gasteiger partial charge in [0, 0.05) is 12.6 Å². The highest BCUT2D eigenvalue weighted by Gasteiger charge is 2.10. The van der Waals surface area contributed by atoms with Gasteiger partial charge in [-0.25, -0.2) is 4.68 Å². The van der Waals surface area contributed by atoms with E-state index in [9.17, 15) is 9.59 Å². The molecule has 0 radical (unpaired) electrons. The Hall–Kier alpha value is -3.41. The number of benzene rings is 2. The largest absolute Gasteiger partial charge is 0.497 e. The molecule has 1 N–H and O–H groups in total. The molecule has 28 heavy (non-hydrogen) atoms. The van der Waals surface area contributed by atoms with Crippen molar-refractivity contribution in [3.63, 3.8) is 0 Å². The molecule has 0 saturated carbocycles. The Balaban J connectivity index is 1.63. The van der Waals surface area contributed by atoms with Gasteiger partial charge < -0.3 is 10.1 Å². The van der Waals surface area contributed by atoms with Crippen molar-refractivity contribution in [2.45, 2.75) is 19.9 Å². The molecule has 3 aromatic rings. The van der Waals surface area contributed by atoms with Crippen LogP contribution in [0.5, 0.6) is 5.75 Å². The number of carbonyl (C=O) groups is 1. The van der Waals surface area contributed by atoms with Crippen LogP contribution < -0.4 is 15.6 Å². The van der Waals surface area contributed by atoms with E-state index in [2.05, 4.69) is 10.4 Å². The number of amides is 1. The van der Waals surface area contributed by atoms with Crippen LogP contribution in [0.3, 0.4) is 0 Å². The van der Waals surface area contributed by atoms with E-state index in [1.807, 2.05) is 55.5 Å². The molecule has 144 valence electrons. The molecule has 1 amide bonds. The first kappa shape index (κ1) is 19.4. The van der Waals surface area contributed by atoms with Crippen molar-refractivity contribution in [3.05, 3.63) is 93.4 Å². The van der Waals surface area contributed by atoms with Crippen LogP contribution in [0.1, 0.15) is 27.2 Å². The van der Waals surface area contributed by atoms with Crippen LogP contribution in [0.4, 0.5) is 0 Å². The van der Waals surface area contributed by atoms with Crippen LogP contribution in [0.25, 0.3) is 0 Å². The molecule has 1 aromatic heterocycles. The Kier molecular flexibility index (Phi) is 6.22. The minimum Gasteiger partial charge on any atom is -0.497 e. The molecule has 0 saturated heterocycles. The summed E-state index contributed by atoms with van der Waals surface area (Å²) in [4.78, 5) is 24.5. The number of carbonyl (C=O) groups excluding carboxylic acids is 1. The van der Waals surface area contributed by atoms with Crippen LogP contribution in [0, 0.1) is 6.92 Å². The fourth-order valence-electron chi connectivity index (χ4n) is 2.79. The number of nitrogens with one attached hydrogen (secondary N) is 1. The van der Waals surface area contributed by atoms with Crippen molar-refractivity contribution >= 4 is 5.91 Å². The van der Waals surface area contributed by atoms with Crippen molar-refractivity contribution in [3.8, 4) is 5.75 Å². The molecule has 0 aliphatic heterocycles. The molecule has 3 rings (SSSR count). The van der Waals surface area contributed by atoms with E-state index in [0.717, 1.165) is 22.4 Å². The lowest BCUT2D eigenvalue weighted by atomic mass is 10.1. The summed E-state index contributed by atoms with van der Waals surface area (Å²) >= 11 is 0. The maximum absolute atomic E-state index is 12.4. The molecule has 6 heteroatoms. The summed E-state index contributed by atoms with van der Waals surface area (Å²) in [6, 6.07) is 18.4. The summed E-state index contributed by atoms with van der Waals surface area (Å²) in [5.41, 5.74) is 3.15. The SMILES string of the molecule is COc1cccc(CCNC(=O)c2ccc(=O)n(Cc3ccc(C)cc3)n2)c1. The quantitative estimate of drug-likeness (QED) is 0.687. The van der Waals surface area contributed by atoms with E-state index >= 15 is 0 Å². The normalized spacial score (nSPS) is 10.5. The highest BCUT2D eigenvalue weighted by Crippen LogP contribution is 2.12. The second kappa shape index (κ2) is 8.99. The van der Waals surface area contributed by atoms with E-state index in [4.69, 9.17) is 4.74 Å². The number of hydrogen-bond donors (Lipinski definition) is 1. The van der Waals surface area contributed by atoms with Gasteiger partial charge in [0.2, 0.25) is 0 Å². The number of methoxy groups -OCH3 is 1. The molecule has 0 spiro atoms. The molecule has 0 bridgehead atoms. The lowest BCUT2D eigenvalue weighted by Gasteiger charge is -2.09. The van der Waals surface area contributed by atoms with Crippen LogP contribution in [-0.2, 0) is 13.0 Å². The number of hydrogen-bond acceptors (Lipinski definition) is 4. The Morgan fingerprint density at radius 3 is 2.61 bits per heavy atom. The van der Waals surface area contributed by atoms with Gasteiger partial charge >= 0.3 is 0 Å². The second-order valence-electron chi connectivity index (χ2n) is 6.56. The highest BCUT2D eigenvalue weighted by molar-refractivity contribution is 5.91. The Morgan fingerprint density at radius 2 is 1.86 bits per heavy atom. The number of ether oxygens (including phenoxy) is 1. The first-order chi connectivity index (χ1) is 13.5. The molecule has 6 nitrogen and oxygen atoms in total. The molecule has 2 aromatic carbocycles. The molecule has 0 unspecified atom stereocenters. The Labute approximate surface area is 163 Å². The topological polar surface area (TPSA) is 73.2 Å². The van der Waals surface area contributed by atoms with Crippen molar-refractivity contribution in [2.24, 2.45) is 0 Å². The van der Waals surface area contributed by atoms with E-state index in [1.54, 1.807) is 7.11 Å². The number of aryl methyl sites for hydroxylation is 1. The van der Waals surface area contributed by atoms with Gasteiger partial charge in [-0.05, 0) is 42.7 Å². The Morgan fingerprint density at radius 1 is 1.07 bits per heavy atom. The summed E-state index contributed by atoms with van der Waals surface area (Å²) in [5, 5.41) is 7.06. The third kappa shape index (κ3) is 5.07. The summed E-state index contributed by atoms with van der Waals surface area (Å²) in [6.07, 6.45) is 0.673. The highest BCUT2D eigenvalue weighted by atomic mass is 16.5. The van der Waals surface area contributed by atoms with Crippen LogP contribution in [0.15, 0.2) is 65.5 Å². The standard InChI is InChI=1S/C22H23N3O3/c1-16-6-8-18(9-7-16)15-25-21(26)11-10-20(24-25)22(27)23-13-12-17-4-3-5-19(14-17)28-2/h3-11,14H,12-13,15H2,1-2H3,(H,23,27). The van der Waals surface area contributed by atoms with E-state index in [0.29, 0.717) is 19.5 Å². The smallest absolute Gasteiger partial charge is 0.271 e. The first-order valence-corrected chi connectivity index (χ1v) is 9.10. The molecule has 0 fully saturated rings. The third-order valence-corrected chi connectivity index (χ3v) is 4.39. The molecule has 0 aliphatic carbocycles. The number of rotatable bonds is 7. The summed E-state index contributed by atoms with van der Waals surface area (Å²) in [7, 11) is 1.62. The Bertz CT molecular complexity index is 1010. The number of aromatic nitrogens is 2. The molecular weight excluding hydrogens is 354 g/mol. The van der Waals surface area contributed by atoms with Crippen LogP contribution in [-0.4, -0.2) is 29.3 Å². The third-order valence-electron chi connectivity index (χ3n) is 4.39. The zero-order valence-corrected chi connectivity index (χ0v) is 16.0. The van der Waals surface area contributed by atoms with Crippen molar-refractivity contribution in [1.29, 1.82) is 0 Å². The molecular formula is C22H23N3O3. The lowest BCUT2D eigenvalue weighted by molar-refractivity contribution is 0.0946. The van der Waals surface area contributed by atoms with Gasteiger partial charge in [0.15, 0.2) is 0 Å². The first-order valence-electron chi connectivity index (χ1n) is 9.10. The maximum Gasteiger partial charge on any atom is 0.271 e. The molecule has 0 aliphatic rings. The van der Waals surface area contributed by atoms with Gasteiger partial charge in [0.25, 0.3) is 11.5 Å². The second-order valence-corrected chi connectivity index (χ2v) is 6.56. The van der Waals surface area contributed by atoms with Crippen molar-refractivity contribution in [1.82, 2.24) is 15.1 Å². The van der Waals surface area contributed by atoms with E-state index < -0.39 is 0 Å².